The molecule has 0 spiro atoms. The van der Waals surface area contributed by atoms with Gasteiger partial charge in [0, 0.05) is 6.54 Å². The van der Waals surface area contributed by atoms with Crippen LogP contribution in [0.15, 0.2) is 24.3 Å². The maximum absolute atomic E-state index is 8.98. The van der Waals surface area contributed by atoms with E-state index in [4.69, 9.17) is 5.11 Å². The van der Waals surface area contributed by atoms with Gasteiger partial charge in [-0.15, -0.1) is 0 Å². The van der Waals surface area contributed by atoms with Gasteiger partial charge in [0.05, 0.1) is 6.61 Å². The second-order valence-electron chi connectivity index (χ2n) is 5.74. The zero-order valence-corrected chi connectivity index (χ0v) is 11.4. The van der Waals surface area contributed by atoms with Crippen LogP contribution >= 0.6 is 0 Å². The molecule has 2 atom stereocenters. The van der Waals surface area contributed by atoms with Gasteiger partial charge in [0.1, 0.15) is 0 Å². The molecule has 0 radical (unpaired) electrons. The Morgan fingerprint density at radius 2 is 1.89 bits per heavy atom. The summed E-state index contributed by atoms with van der Waals surface area (Å²) >= 11 is 0. The standard InChI is InChI=1S/C16H25NO/c1-13-3-2-4-16(9-13)11-17-10-14-5-7-15(12-18)8-6-14/h5-8,13,16-18H,2-4,9-12H2,1H3. The molecular formula is C16H25NO. The summed E-state index contributed by atoms with van der Waals surface area (Å²) in [5.74, 6) is 1.78. The van der Waals surface area contributed by atoms with E-state index in [-0.39, 0.29) is 6.61 Å². The lowest BCUT2D eigenvalue weighted by molar-refractivity contribution is 0.274. The second kappa shape index (κ2) is 6.91. The van der Waals surface area contributed by atoms with Crippen LogP contribution in [0, 0.1) is 11.8 Å². The van der Waals surface area contributed by atoms with Crippen molar-refractivity contribution in [1.82, 2.24) is 5.32 Å². The molecule has 0 bridgehead atoms. The maximum atomic E-state index is 8.98. The average molecular weight is 247 g/mol. The number of aliphatic hydroxyl groups excluding tert-OH is 1. The first kappa shape index (κ1) is 13.6. The van der Waals surface area contributed by atoms with Gasteiger partial charge < -0.3 is 10.4 Å². The Morgan fingerprint density at radius 3 is 2.56 bits per heavy atom. The summed E-state index contributed by atoms with van der Waals surface area (Å²) in [6, 6.07) is 8.20. The monoisotopic (exact) mass is 247 g/mol. The summed E-state index contributed by atoms with van der Waals surface area (Å²) in [5, 5.41) is 12.6. The molecule has 1 fully saturated rings. The third kappa shape index (κ3) is 4.11. The molecule has 0 aliphatic heterocycles. The summed E-state index contributed by atoms with van der Waals surface area (Å²) in [6.07, 6.45) is 5.59. The van der Waals surface area contributed by atoms with Gasteiger partial charge in [-0.05, 0) is 42.3 Å². The molecule has 1 aliphatic carbocycles. The molecule has 2 rings (SSSR count). The Labute approximate surface area is 110 Å². The van der Waals surface area contributed by atoms with Crippen molar-refractivity contribution in [2.24, 2.45) is 11.8 Å². The number of nitrogens with one attached hydrogen (secondary N) is 1. The van der Waals surface area contributed by atoms with Gasteiger partial charge in [0.15, 0.2) is 0 Å². The predicted molar refractivity (Wildman–Crippen MR) is 75.2 cm³/mol. The minimum absolute atomic E-state index is 0.133. The Hall–Kier alpha value is -0.860. The van der Waals surface area contributed by atoms with Crippen LogP contribution < -0.4 is 5.32 Å². The highest BCUT2D eigenvalue weighted by Crippen LogP contribution is 2.27. The van der Waals surface area contributed by atoms with Crippen molar-refractivity contribution in [2.45, 2.75) is 45.8 Å². The van der Waals surface area contributed by atoms with E-state index in [1.54, 1.807) is 0 Å². The Morgan fingerprint density at radius 1 is 1.17 bits per heavy atom. The number of benzene rings is 1. The fourth-order valence-electron chi connectivity index (χ4n) is 2.93. The molecule has 2 heteroatoms. The zero-order valence-electron chi connectivity index (χ0n) is 11.4. The number of aliphatic hydroxyl groups is 1. The summed E-state index contributed by atoms with van der Waals surface area (Å²) < 4.78 is 0. The fraction of sp³-hybridized carbons (Fsp3) is 0.625. The smallest absolute Gasteiger partial charge is 0.0681 e. The largest absolute Gasteiger partial charge is 0.392 e. The third-order valence-electron chi connectivity index (χ3n) is 4.01. The molecule has 2 nitrogen and oxygen atoms in total. The number of hydrogen-bond donors (Lipinski definition) is 2. The van der Waals surface area contributed by atoms with Crippen molar-refractivity contribution in [3.05, 3.63) is 35.4 Å². The van der Waals surface area contributed by atoms with E-state index in [1.807, 2.05) is 12.1 Å². The lowest BCUT2D eigenvalue weighted by Gasteiger charge is -2.26. The van der Waals surface area contributed by atoms with Gasteiger partial charge in [0.2, 0.25) is 0 Å². The van der Waals surface area contributed by atoms with Crippen molar-refractivity contribution in [2.75, 3.05) is 6.54 Å². The van der Waals surface area contributed by atoms with E-state index < -0.39 is 0 Å². The van der Waals surface area contributed by atoms with Crippen molar-refractivity contribution in [3.8, 4) is 0 Å². The predicted octanol–water partition coefficient (Wildman–Crippen LogP) is 3.09. The number of hydrogen-bond acceptors (Lipinski definition) is 2. The highest BCUT2D eigenvalue weighted by Gasteiger charge is 2.18. The first-order chi connectivity index (χ1) is 8.78. The molecule has 0 amide bonds. The van der Waals surface area contributed by atoms with Crippen LogP contribution in [0.4, 0.5) is 0 Å². The molecule has 2 unspecified atom stereocenters. The van der Waals surface area contributed by atoms with E-state index in [2.05, 4.69) is 24.4 Å². The van der Waals surface area contributed by atoms with Crippen molar-refractivity contribution < 1.29 is 5.11 Å². The molecule has 1 aliphatic rings. The third-order valence-corrected chi connectivity index (χ3v) is 4.01. The molecule has 100 valence electrons. The Balaban J connectivity index is 1.70. The van der Waals surface area contributed by atoms with Crippen LogP contribution in [0.1, 0.15) is 43.7 Å². The minimum Gasteiger partial charge on any atom is -0.392 e. The molecule has 0 heterocycles. The van der Waals surface area contributed by atoms with E-state index in [0.29, 0.717) is 0 Å². The van der Waals surface area contributed by atoms with Crippen LogP contribution in [-0.2, 0) is 13.2 Å². The average Bonchev–Trinajstić information content (AvgIpc) is 2.40. The van der Waals surface area contributed by atoms with Gasteiger partial charge in [-0.1, -0.05) is 44.0 Å². The molecule has 1 saturated carbocycles. The first-order valence-electron chi connectivity index (χ1n) is 7.17. The van der Waals surface area contributed by atoms with Crippen molar-refractivity contribution in [3.63, 3.8) is 0 Å². The molecule has 2 N–H and O–H groups in total. The number of rotatable bonds is 5. The van der Waals surface area contributed by atoms with Crippen LogP contribution in [0.25, 0.3) is 0 Å². The summed E-state index contributed by atoms with van der Waals surface area (Å²) in [5.41, 5.74) is 2.29. The zero-order chi connectivity index (χ0) is 12.8. The van der Waals surface area contributed by atoms with E-state index >= 15 is 0 Å². The second-order valence-corrected chi connectivity index (χ2v) is 5.74. The minimum atomic E-state index is 0.133. The first-order valence-corrected chi connectivity index (χ1v) is 7.17. The summed E-state index contributed by atoms with van der Waals surface area (Å²) in [4.78, 5) is 0. The van der Waals surface area contributed by atoms with Crippen LogP contribution in [0.3, 0.4) is 0 Å². The topological polar surface area (TPSA) is 32.3 Å². The SMILES string of the molecule is CC1CCCC(CNCc2ccc(CO)cc2)C1. The van der Waals surface area contributed by atoms with E-state index in [9.17, 15) is 0 Å². The highest BCUT2D eigenvalue weighted by molar-refractivity contribution is 5.21. The maximum Gasteiger partial charge on any atom is 0.0681 e. The lowest BCUT2D eigenvalue weighted by atomic mass is 9.82. The molecule has 1 aromatic carbocycles. The molecule has 1 aromatic rings. The summed E-state index contributed by atoms with van der Waals surface area (Å²) in [6.45, 7) is 4.59. The molecule has 0 saturated heterocycles. The highest BCUT2D eigenvalue weighted by atomic mass is 16.3. The molecular weight excluding hydrogens is 222 g/mol. The Bertz CT molecular complexity index is 347. The Kier molecular flexibility index (Phi) is 5.21. The van der Waals surface area contributed by atoms with E-state index in [1.165, 1.54) is 31.2 Å². The lowest BCUT2D eigenvalue weighted by Crippen LogP contribution is -2.26. The van der Waals surface area contributed by atoms with E-state index in [0.717, 1.165) is 30.5 Å². The fourth-order valence-corrected chi connectivity index (χ4v) is 2.93. The summed E-state index contributed by atoms with van der Waals surface area (Å²) in [7, 11) is 0. The quantitative estimate of drug-likeness (QED) is 0.838. The van der Waals surface area contributed by atoms with Crippen molar-refractivity contribution >= 4 is 0 Å². The van der Waals surface area contributed by atoms with Gasteiger partial charge in [-0.25, -0.2) is 0 Å². The van der Waals surface area contributed by atoms with Crippen LogP contribution in [0.5, 0.6) is 0 Å². The van der Waals surface area contributed by atoms with Gasteiger partial charge in [-0.3, -0.25) is 0 Å². The van der Waals surface area contributed by atoms with Crippen LogP contribution in [-0.4, -0.2) is 11.7 Å². The molecule has 0 aromatic heterocycles. The van der Waals surface area contributed by atoms with Crippen molar-refractivity contribution in [1.29, 1.82) is 0 Å². The molecule has 18 heavy (non-hydrogen) atoms. The van der Waals surface area contributed by atoms with Gasteiger partial charge >= 0.3 is 0 Å². The van der Waals surface area contributed by atoms with Crippen LogP contribution in [0.2, 0.25) is 0 Å². The van der Waals surface area contributed by atoms with Gasteiger partial charge in [0.25, 0.3) is 0 Å². The van der Waals surface area contributed by atoms with Gasteiger partial charge in [-0.2, -0.15) is 0 Å². The normalized spacial score (nSPS) is 24.1.